The van der Waals surface area contributed by atoms with E-state index >= 15 is 0 Å². The summed E-state index contributed by atoms with van der Waals surface area (Å²) in [6, 6.07) is 33.9. The minimum Gasteiger partial charge on any atom is -0.322 e. The van der Waals surface area contributed by atoms with Gasteiger partial charge in [0, 0.05) is 38.4 Å². The van der Waals surface area contributed by atoms with Crippen LogP contribution in [0.2, 0.25) is 0 Å². The Balaban J connectivity index is 0.00000324. The minimum atomic E-state index is -2.36. The van der Waals surface area contributed by atoms with Gasteiger partial charge in [-0.15, -0.1) is 0 Å². The van der Waals surface area contributed by atoms with E-state index in [0.717, 1.165) is 27.0 Å². The van der Waals surface area contributed by atoms with Crippen LogP contribution in [0.4, 0.5) is 10.1 Å². The Hall–Kier alpha value is -2.19. The monoisotopic (exact) mass is 545 g/mol. The van der Waals surface area contributed by atoms with Gasteiger partial charge in [-0.25, -0.2) is 4.39 Å². The summed E-state index contributed by atoms with van der Waals surface area (Å²) in [4.78, 5) is 13.9. The number of carbonyl (C=O) groups is 1. The molecule has 34 heavy (non-hydrogen) atoms. The fourth-order valence-electron chi connectivity index (χ4n) is 4.62. The van der Waals surface area contributed by atoms with E-state index in [1.807, 2.05) is 75.4 Å². The predicted octanol–water partition coefficient (Wildman–Crippen LogP) is 5.76. The van der Waals surface area contributed by atoms with Crippen molar-refractivity contribution in [2.75, 3.05) is 5.32 Å². The van der Waals surface area contributed by atoms with Crippen LogP contribution >= 0.6 is 7.26 Å². The summed E-state index contributed by atoms with van der Waals surface area (Å²) in [6.45, 7) is 5.67. The van der Waals surface area contributed by atoms with Gasteiger partial charge in [-0.3, -0.25) is 4.79 Å². The summed E-state index contributed by atoms with van der Waals surface area (Å²) in [5, 5.41) is 6.59. The maximum atomic E-state index is 13.9. The molecule has 169 valence electrons. The molecule has 2 nitrogen and oxygen atoms in total. The standard InChI is InChI=1S/C29H27FNOP.Y/c1-21-19-24(30)20-22(2)28(21)31-29(32)23(3)33(25-13-7-4-8-14-25,26-15-9-5-10-16-26)27-17-11-6-12-18-27;/h4-20,23H,1-3H3;/p+1. The maximum Gasteiger partial charge on any atom is 0.266 e. The van der Waals surface area contributed by atoms with E-state index in [-0.39, 0.29) is 50.1 Å². The summed E-state index contributed by atoms with van der Waals surface area (Å²) in [5.41, 5.74) is 1.77. The van der Waals surface area contributed by atoms with Gasteiger partial charge in [0.1, 0.15) is 29.0 Å². The van der Waals surface area contributed by atoms with Crippen molar-refractivity contribution < 1.29 is 41.9 Å². The van der Waals surface area contributed by atoms with Gasteiger partial charge in [-0.05, 0) is 80.4 Å². The molecule has 0 fully saturated rings. The van der Waals surface area contributed by atoms with Gasteiger partial charge in [-0.2, -0.15) is 0 Å². The summed E-state index contributed by atoms with van der Waals surface area (Å²) in [6.07, 6.45) is 0. The smallest absolute Gasteiger partial charge is 0.266 e. The van der Waals surface area contributed by atoms with Crippen LogP contribution in [-0.2, 0) is 37.5 Å². The van der Waals surface area contributed by atoms with Gasteiger partial charge in [0.15, 0.2) is 5.66 Å². The third-order valence-corrected chi connectivity index (χ3v) is 10.9. The molecule has 0 aliphatic rings. The zero-order chi connectivity index (χ0) is 23.4. The largest absolute Gasteiger partial charge is 0.322 e. The summed E-state index contributed by atoms with van der Waals surface area (Å²) in [7, 11) is -2.36. The van der Waals surface area contributed by atoms with E-state index in [2.05, 4.69) is 41.7 Å². The number of rotatable bonds is 6. The van der Waals surface area contributed by atoms with Crippen LogP contribution in [-0.4, -0.2) is 11.6 Å². The molecule has 1 atom stereocenters. The minimum absolute atomic E-state index is 0. The van der Waals surface area contributed by atoms with Gasteiger partial charge in [0.05, 0.1) is 0 Å². The molecule has 4 rings (SSSR count). The van der Waals surface area contributed by atoms with Crippen LogP contribution in [0, 0.1) is 19.7 Å². The molecule has 0 saturated heterocycles. The first-order chi connectivity index (χ1) is 15.9. The average Bonchev–Trinajstić information content (AvgIpc) is 2.84. The van der Waals surface area contributed by atoms with Gasteiger partial charge < -0.3 is 5.32 Å². The quantitative estimate of drug-likeness (QED) is 0.307. The Kier molecular flexibility index (Phi) is 8.93. The van der Waals surface area contributed by atoms with Crippen LogP contribution in [0.3, 0.4) is 0 Å². The van der Waals surface area contributed by atoms with Crippen LogP contribution in [0.25, 0.3) is 0 Å². The summed E-state index contributed by atoms with van der Waals surface area (Å²) < 4.78 is 13.9. The Morgan fingerprint density at radius 3 is 1.44 bits per heavy atom. The molecule has 1 N–H and O–H groups in total. The number of amides is 1. The molecule has 5 heteroatoms. The molecule has 4 aromatic rings. The second kappa shape index (κ2) is 11.5. The SMILES string of the molecule is Cc1cc(F)cc(C)c1NC(=O)C(C)[P+](c1ccccc1)(c1ccccc1)c1ccccc1.[Y]. The van der Waals surface area contributed by atoms with Crippen LogP contribution in [0.15, 0.2) is 103 Å². The number of aryl methyl sites for hydroxylation is 2. The van der Waals surface area contributed by atoms with Crippen molar-refractivity contribution in [3.63, 3.8) is 0 Å². The predicted molar refractivity (Wildman–Crippen MR) is 139 cm³/mol. The number of nitrogens with one attached hydrogen (secondary N) is 1. The third-order valence-electron chi connectivity index (χ3n) is 6.20. The van der Waals surface area contributed by atoms with Gasteiger partial charge >= 0.3 is 0 Å². The van der Waals surface area contributed by atoms with Crippen LogP contribution in [0.5, 0.6) is 0 Å². The molecular weight excluding hydrogens is 517 g/mol. The second-order valence-electron chi connectivity index (χ2n) is 8.31. The molecular formula is C29H28FNOPY+. The Bertz CT molecular complexity index is 1130. The average molecular weight is 545 g/mol. The number of halogens is 1. The number of hydrogen-bond donors (Lipinski definition) is 1. The fraction of sp³-hybridized carbons (Fsp3) is 0.138. The molecule has 1 unspecified atom stereocenters. The first-order valence-electron chi connectivity index (χ1n) is 11.1. The summed E-state index contributed by atoms with van der Waals surface area (Å²) in [5.74, 6) is -0.367. The normalized spacial score (nSPS) is 11.9. The number of benzene rings is 4. The first-order valence-corrected chi connectivity index (χ1v) is 12.9. The van der Waals surface area contributed by atoms with Gasteiger partial charge in [0.25, 0.3) is 5.91 Å². The van der Waals surface area contributed by atoms with E-state index in [1.165, 1.54) is 12.1 Å². The van der Waals surface area contributed by atoms with Crippen molar-refractivity contribution in [3.05, 3.63) is 120 Å². The molecule has 4 aromatic carbocycles. The van der Waals surface area contributed by atoms with Crippen molar-refractivity contribution in [1.29, 1.82) is 0 Å². The van der Waals surface area contributed by atoms with Crippen molar-refractivity contribution >= 4 is 34.8 Å². The van der Waals surface area contributed by atoms with Crippen LogP contribution < -0.4 is 21.2 Å². The summed E-state index contributed by atoms with van der Waals surface area (Å²) >= 11 is 0. The Morgan fingerprint density at radius 1 is 0.735 bits per heavy atom. The van der Waals surface area contributed by atoms with E-state index in [9.17, 15) is 9.18 Å². The van der Waals surface area contributed by atoms with E-state index in [4.69, 9.17) is 0 Å². The molecule has 0 aromatic heterocycles. The third kappa shape index (κ3) is 5.08. The topological polar surface area (TPSA) is 29.1 Å². The fourth-order valence-corrected chi connectivity index (χ4v) is 9.20. The zero-order valence-corrected chi connectivity index (χ0v) is 23.4. The number of carbonyl (C=O) groups excluding carboxylic acids is 1. The van der Waals surface area contributed by atoms with Gasteiger partial charge in [0.2, 0.25) is 0 Å². The second-order valence-corrected chi connectivity index (χ2v) is 12.1. The Labute approximate surface area is 227 Å². The molecule has 0 spiro atoms. The first kappa shape index (κ1) is 26.4. The van der Waals surface area contributed by atoms with Gasteiger partial charge in [-0.1, -0.05) is 54.6 Å². The zero-order valence-electron chi connectivity index (χ0n) is 19.7. The van der Waals surface area contributed by atoms with Crippen molar-refractivity contribution in [1.82, 2.24) is 0 Å². The van der Waals surface area contributed by atoms with Crippen molar-refractivity contribution in [2.45, 2.75) is 26.4 Å². The molecule has 0 saturated carbocycles. The molecule has 0 aliphatic carbocycles. The van der Waals surface area contributed by atoms with Crippen molar-refractivity contribution in [2.24, 2.45) is 0 Å². The number of anilines is 1. The number of hydrogen-bond acceptors (Lipinski definition) is 1. The maximum absolute atomic E-state index is 13.9. The van der Waals surface area contributed by atoms with E-state index < -0.39 is 7.26 Å². The molecule has 1 amide bonds. The van der Waals surface area contributed by atoms with E-state index in [0.29, 0.717) is 5.69 Å². The van der Waals surface area contributed by atoms with Crippen molar-refractivity contribution in [3.8, 4) is 0 Å². The molecule has 1 radical (unpaired) electrons. The Morgan fingerprint density at radius 2 is 1.09 bits per heavy atom. The van der Waals surface area contributed by atoms with Crippen LogP contribution in [0.1, 0.15) is 18.1 Å². The molecule has 0 aliphatic heterocycles. The molecule has 0 bridgehead atoms. The molecule has 0 heterocycles. The van der Waals surface area contributed by atoms with E-state index in [1.54, 1.807) is 0 Å².